The fraction of sp³-hybridized carbons (Fsp3) is 0.588. The van der Waals surface area contributed by atoms with Gasteiger partial charge in [0.05, 0.1) is 11.7 Å². The standard InChI is InChI=1S/C17H23F2NO2/c1-12(2)22-16(21)15-6-4-5-14(11-15)13(3)20-9-7-17(18,19)8-10-20/h4-6,11-13H,7-10H2,1-3H3. The Bertz CT molecular complexity index is 521. The molecule has 0 aliphatic carbocycles. The molecule has 0 amide bonds. The fourth-order valence-electron chi connectivity index (χ4n) is 2.66. The van der Waals surface area contributed by atoms with Gasteiger partial charge < -0.3 is 4.74 Å². The Hall–Kier alpha value is -1.49. The van der Waals surface area contributed by atoms with Crippen LogP contribution in [-0.4, -0.2) is 36.0 Å². The van der Waals surface area contributed by atoms with Crippen molar-refractivity contribution < 1.29 is 18.3 Å². The molecule has 3 nitrogen and oxygen atoms in total. The number of ether oxygens (including phenoxy) is 1. The third-order valence-corrected chi connectivity index (χ3v) is 4.02. The summed E-state index contributed by atoms with van der Waals surface area (Å²) in [4.78, 5) is 14.0. The third kappa shape index (κ3) is 4.26. The lowest BCUT2D eigenvalue weighted by atomic mass is 10.00. The lowest BCUT2D eigenvalue weighted by molar-refractivity contribution is -0.0620. The molecule has 0 radical (unpaired) electrons. The van der Waals surface area contributed by atoms with Gasteiger partial charge in [-0.25, -0.2) is 13.6 Å². The predicted octanol–water partition coefficient (Wildman–Crippen LogP) is 4.04. The molecule has 0 N–H and O–H groups in total. The molecule has 1 aromatic carbocycles. The van der Waals surface area contributed by atoms with Crippen molar-refractivity contribution >= 4 is 5.97 Å². The molecule has 1 atom stereocenters. The Labute approximate surface area is 130 Å². The Morgan fingerprint density at radius 3 is 2.45 bits per heavy atom. The van der Waals surface area contributed by atoms with Crippen molar-refractivity contribution in [3.05, 3.63) is 35.4 Å². The molecule has 5 heteroatoms. The fourth-order valence-corrected chi connectivity index (χ4v) is 2.66. The predicted molar refractivity (Wildman–Crippen MR) is 81.2 cm³/mol. The molecule has 0 spiro atoms. The molecule has 1 unspecified atom stereocenters. The van der Waals surface area contributed by atoms with E-state index in [2.05, 4.69) is 0 Å². The summed E-state index contributed by atoms with van der Waals surface area (Å²) in [5, 5.41) is 0. The summed E-state index contributed by atoms with van der Waals surface area (Å²) in [6, 6.07) is 7.24. The van der Waals surface area contributed by atoms with E-state index in [1.807, 2.05) is 17.9 Å². The van der Waals surface area contributed by atoms with Crippen molar-refractivity contribution in [3.63, 3.8) is 0 Å². The Balaban J connectivity index is 2.07. The van der Waals surface area contributed by atoms with Crippen LogP contribution in [0.5, 0.6) is 0 Å². The number of likely N-dealkylation sites (tertiary alicyclic amines) is 1. The van der Waals surface area contributed by atoms with E-state index in [0.717, 1.165) is 5.56 Å². The zero-order valence-electron chi connectivity index (χ0n) is 13.3. The minimum Gasteiger partial charge on any atom is -0.459 e. The summed E-state index contributed by atoms with van der Waals surface area (Å²) in [6.07, 6.45) is -0.378. The van der Waals surface area contributed by atoms with Gasteiger partial charge in [0.2, 0.25) is 0 Å². The first kappa shape index (κ1) is 16.9. The Morgan fingerprint density at radius 1 is 1.23 bits per heavy atom. The molecule has 1 aromatic rings. The molecule has 0 bridgehead atoms. The largest absolute Gasteiger partial charge is 0.459 e. The number of piperidine rings is 1. The summed E-state index contributed by atoms with van der Waals surface area (Å²) < 4.78 is 31.7. The second kappa shape index (κ2) is 6.73. The number of benzene rings is 1. The van der Waals surface area contributed by atoms with Gasteiger partial charge in [0.25, 0.3) is 5.92 Å². The SMILES string of the molecule is CC(C)OC(=O)c1cccc(C(C)N2CCC(F)(F)CC2)c1. The van der Waals surface area contributed by atoms with Crippen LogP contribution < -0.4 is 0 Å². The van der Waals surface area contributed by atoms with Gasteiger partial charge in [-0.2, -0.15) is 0 Å². The summed E-state index contributed by atoms with van der Waals surface area (Å²) >= 11 is 0. The molecule has 0 aromatic heterocycles. The quantitative estimate of drug-likeness (QED) is 0.786. The van der Waals surface area contributed by atoms with Crippen molar-refractivity contribution in [1.29, 1.82) is 0 Å². The normalized spacial score (nSPS) is 19.9. The summed E-state index contributed by atoms with van der Waals surface area (Å²) in [6.45, 7) is 6.33. The van der Waals surface area contributed by atoms with E-state index in [-0.39, 0.29) is 31.0 Å². The van der Waals surface area contributed by atoms with Gasteiger partial charge in [0, 0.05) is 32.0 Å². The van der Waals surface area contributed by atoms with Gasteiger partial charge >= 0.3 is 5.97 Å². The number of carbonyl (C=O) groups is 1. The van der Waals surface area contributed by atoms with Crippen LogP contribution in [0.1, 0.15) is 55.6 Å². The highest BCUT2D eigenvalue weighted by Crippen LogP contribution is 2.32. The van der Waals surface area contributed by atoms with Crippen LogP contribution in [0.2, 0.25) is 0 Å². The zero-order valence-corrected chi connectivity index (χ0v) is 13.3. The number of carbonyl (C=O) groups excluding carboxylic acids is 1. The van der Waals surface area contributed by atoms with E-state index >= 15 is 0 Å². The number of rotatable bonds is 4. The van der Waals surface area contributed by atoms with E-state index in [1.54, 1.807) is 32.0 Å². The molecule has 1 aliphatic heterocycles. The first-order chi connectivity index (χ1) is 10.3. The average Bonchev–Trinajstić information content (AvgIpc) is 2.46. The molecule has 22 heavy (non-hydrogen) atoms. The number of hydrogen-bond acceptors (Lipinski definition) is 3. The van der Waals surface area contributed by atoms with E-state index < -0.39 is 5.92 Å². The summed E-state index contributed by atoms with van der Waals surface area (Å²) in [5.74, 6) is -2.90. The number of hydrogen-bond donors (Lipinski definition) is 0. The monoisotopic (exact) mass is 311 g/mol. The van der Waals surface area contributed by atoms with Crippen LogP contribution in [0.4, 0.5) is 8.78 Å². The number of nitrogens with zero attached hydrogens (tertiary/aromatic N) is 1. The van der Waals surface area contributed by atoms with E-state index in [4.69, 9.17) is 4.74 Å². The highest BCUT2D eigenvalue weighted by molar-refractivity contribution is 5.89. The number of esters is 1. The van der Waals surface area contributed by atoms with Crippen LogP contribution in [-0.2, 0) is 4.74 Å². The lowest BCUT2D eigenvalue weighted by Crippen LogP contribution is -2.40. The number of halogens is 2. The second-order valence-electron chi connectivity index (χ2n) is 6.15. The van der Waals surface area contributed by atoms with Crippen molar-refractivity contribution in [1.82, 2.24) is 4.90 Å². The van der Waals surface area contributed by atoms with Crippen molar-refractivity contribution in [2.75, 3.05) is 13.1 Å². The van der Waals surface area contributed by atoms with Gasteiger partial charge in [0.15, 0.2) is 0 Å². The van der Waals surface area contributed by atoms with Gasteiger partial charge in [-0.1, -0.05) is 12.1 Å². The number of alkyl halides is 2. The minimum absolute atomic E-state index is 0.00269. The van der Waals surface area contributed by atoms with Crippen molar-refractivity contribution in [3.8, 4) is 0 Å². The zero-order chi connectivity index (χ0) is 16.3. The molecular formula is C17H23F2NO2. The van der Waals surface area contributed by atoms with Crippen molar-refractivity contribution in [2.45, 2.75) is 51.7 Å². The molecule has 122 valence electrons. The highest BCUT2D eigenvalue weighted by Gasteiger charge is 2.35. The molecular weight excluding hydrogens is 288 g/mol. The van der Waals surface area contributed by atoms with Gasteiger partial charge in [-0.15, -0.1) is 0 Å². The highest BCUT2D eigenvalue weighted by atomic mass is 19.3. The minimum atomic E-state index is -2.54. The molecule has 0 saturated carbocycles. The van der Waals surface area contributed by atoms with Crippen LogP contribution in [0, 0.1) is 0 Å². The summed E-state index contributed by atoms with van der Waals surface area (Å²) in [5.41, 5.74) is 1.45. The van der Waals surface area contributed by atoms with Crippen LogP contribution >= 0.6 is 0 Å². The second-order valence-corrected chi connectivity index (χ2v) is 6.15. The smallest absolute Gasteiger partial charge is 0.338 e. The first-order valence-electron chi connectivity index (χ1n) is 7.71. The van der Waals surface area contributed by atoms with E-state index in [0.29, 0.717) is 18.7 Å². The maximum absolute atomic E-state index is 13.2. The van der Waals surface area contributed by atoms with E-state index in [9.17, 15) is 13.6 Å². The molecule has 1 fully saturated rings. The first-order valence-corrected chi connectivity index (χ1v) is 7.71. The maximum Gasteiger partial charge on any atom is 0.338 e. The van der Waals surface area contributed by atoms with Crippen LogP contribution in [0.25, 0.3) is 0 Å². The average molecular weight is 311 g/mol. The third-order valence-electron chi connectivity index (χ3n) is 4.02. The topological polar surface area (TPSA) is 29.5 Å². The Morgan fingerprint density at radius 2 is 1.86 bits per heavy atom. The van der Waals surface area contributed by atoms with Gasteiger partial charge in [-0.05, 0) is 38.5 Å². The molecule has 1 heterocycles. The Kier molecular flexibility index (Phi) is 5.16. The van der Waals surface area contributed by atoms with Gasteiger partial charge in [-0.3, -0.25) is 4.90 Å². The summed E-state index contributed by atoms with van der Waals surface area (Å²) in [7, 11) is 0. The van der Waals surface area contributed by atoms with Crippen molar-refractivity contribution in [2.24, 2.45) is 0 Å². The molecule has 2 rings (SSSR count). The van der Waals surface area contributed by atoms with E-state index in [1.165, 1.54) is 0 Å². The van der Waals surface area contributed by atoms with Gasteiger partial charge in [0.1, 0.15) is 0 Å². The molecule has 1 saturated heterocycles. The lowest BCUT2D eigenvalue weighted by Gasteiger charge is -2.36. The van der Waals surface area contributed by atoms with Crippen LogP contribution in [0.15, 0.2) is 24.3 Å². The maximum atomic E-state index is 13.2. The van der Waals surface area contributed by atoms with Crippen LogP contribution in [0.3, 0.4) is 0 Å². The molecule has 1 aliphatic rings.